The van der Waals surface area contributed by atoms with Gasteiger partial charge >= 0.3 is 0 Å². The summed E-state index contributed by atoms with van der Waals surface area (Å²) < 4.78 is 0. The van der Waals surface area contributed by atoms with Crippen LogP contribution in [0, 0.1) is 13.8 Å². The molecular formula is C14H14O2. The standard InChI is InChI=1S/C14H14O2/c1-9-6-7-11(13(15)8-9)12-5-3-4-10(2)14(12)16/h3-8,15-16H,1-2H3. The maximum Gasteiger partial charge on any atom is 0.126 e. The molecule has 0 aliphatic heterocycles. The molecule has 0 atom stereocenters. The molecule has 0 amide bonds. The Morgan fingerprint density at radius 1 is 0.875 bits per heavy atom. The SMILES string of the molecule is Cc1ccc(-c2cccc(C)c2O)c(O)c1. The third-order valence-corrected chi connectivity index (χ3v) is 2.68. The molecule has 2 N–H and O–H groups in total. The van der Waals surface area contributed by atoms with Crippen molar-refractivity contribution in [2.75, 3.05) is 0 Å². The van der Waals surface area contributed by atoms with E-state index in [0.717, 1.165) is 11.1 Å². The zero-order valence-electron chi connectivity index (χ0n) is 9.36. The molecule has 0 unspecified atom stereocenters. The minimum absolute atomic E-state index is 0.195. The minimum atomic E-state index is 0.195. The highest BCUT2D eigenvalue weighted by Gasteiger charge is 2.09. The average molecular weight is 214 g/mol. The molecule has 2 aromatic rings. The lowest BCUT2D eigenvalue weighted by Gasteiger charge is -2.09. The maximum absolute atomic E-state index is 9.93. The lowest BCUT2D eigenvalue weighted by molar-refractivity contribution is 0.466. The molecule has 0 bridgehead atoms. The highest BCUT2D eigenvalue weighted by Crippen LogP contribution is 2.37. The second-order valence-corrected chi connectivity index (χ2v) is 3.99. The van der Waals surface area contributed by atoms with E-state index in [1.807, 2.05) is 38.1 Å². The Labute approximate surface area is 94.8 Å². The summed E-state index contributed by atoms with van der Waals surface area (Å²) in [4.78, 5) is 0. The molecular weight excluding hydrogens is 200 g/mol. The van der Waals surface area contributed by atoms with Gasteiger partial charge in [-0.25, -0.2) is 0 Å². The minimum Gasteiger partial charge on any atom is -0.507 e. The Kier molecular flexibility index (Phi) is 2.57. The molecule has 2 aromatic carbocycles. The van der Waals surface area contributed by atoms with Crippen molar-refractivity contribution in [3.63, 3.8) is 0 Å². The quantitative estimate of drug-likeness (QED) is 0.764. The van der Waals surface area contributed by atoms with Gasteiger partial charge in [0.25, 0.3) is 0 Å². The predicted octanol–water partition coefficient (Wildman–Crippen LogP) is 3.38. The van der Waals surface area contributed by atoms with Gasteiger partial charge in [0.2, 0.25) is 0 Å². The molecule has 0 aliphatic rings. The van der Waals surface area contributed by atoms with Crippen molar-refractivity contribution in [2.24, 2.45) is 0 Å². The smallest absolute Gasteiger partial charge is 0.126 e. The molecule has 0 saturated heterocycles. The van der Waals surface area contributed by atoms with Gasteiger partial charge in [-0.1, -0.05) is 30.3 Å². The van der Waals surface area contributed by atoms with E-state index in [-0.39, 0.29) is 11.5 Å². The van der Waals surface area contributed by atoms with Crippen molar-refractivity contribution in [3.05, 3.63) is 47.5 Å². The van der Waals surface area contributed by atoms with Crippen LogP contribution in [-0.2, 0) is 0 Å². The first kappa shape index (κ1) is 10.6. The molecule has 0 heterocycles. The summed E-state index contributed by atoms with van der Waals surface area (Å²) >= 11 is 0. The third-order valence-electron chi connectivity index (χ3n) is 2.68. The highest BCUT2D eigenvalue weighted by atomic mass is 16.3. The highest BCUT2D eigenvalue weighted by molar-refractivity contribution is 5.76. The molecule has 2 heteroatoms. The first-order valence-corrected chi connectivity index (χ1v) is 5.18. The molecule has 0 aromatic heterocycles. The Balaban J connectivity index is 2.63. The van der Waals surface area contributed by atoms with E-state index < -0.39 is 0 Å². The Bertz CT molecular complexity index is 530. The summed E-state index contributed by atoms with van der Waals surface area (Å²) in [5.41, 5.74) is 3.12. The Morgan fingerprint density at radius 3 is 2.31 bits per heavy atom. The molecule has 16 heavy (non-hydrogen) atoms. The maximum atomic E-state index is 9.93. The molecule has 0 radical (unpaired) electrons. The number of rotatable bonds is 1. The molecule has 0 fully saturated rings. The number of aromatic hydroxyl groups is 2. The van der Waals surface area contributed by atoms with E-state index >= 15 is 0 Å². The summed E-state index contributed by atoms with van der Waals surface area (Å²) in [6, 6.07) is 10.9. The van der Waals surface area contributed by atoms with Crippen molar-refractivity contribution >= 4 is 0 Å². The van der Waals surface area contributed by atoms with Crippen LogP contribution in [-0.4, -0.2) is 10.2 Å². The molecule has 0 spiro atoms. The summed E-state index contributed by atoms with van der Waals surface area (Å²) in [5.74, 6) is 0.419. The second kappa shape index (κ2) is 3.89. The summed E-state index contributed by atoms with van der Waals surface area (Å²) in [7, 11) is 0. The fourth-order valence-corrected chi connectivity index (χ4v) is 1.75. The third kappa shape index (κ3) is 1.74. The van der Waals surface area contributed by atoms with Crippen LogP contribution in [0.15, 0.2) is 36.4 Å². The van der Waals surface area contributed by atoms with Gasteiger partial charge in [0.1, 0.15) is 11.5 Å². The average Bonchev–Trinajstić information content (AvgIpc) is 2.23. The predicted molar refractivity (Wildman–Crippen MR) is 64.7 cm³/mol. The van der Waals surface area contributed by atoms with Crippen LogP contribution in [0.25, 0.3) is 11.1 Å². The van der Waals surface area contributed by atoms with E-state index in [1.165, 1.54) is 0 Å². The van der Waals surface area contributed by atoms with Gasteiger partial charge in [-0.3, -0.25) is 0 Å². The normalized spacial score (nSPS) is 10.4. The van der Waals surface area contributed by atoms with E-state index in [4.69, 9.17) is 0 Å². The van der Waals surface area contributed by atoms with Crippen molar-refractivity contribution < 1.29 is 10.2 Å². The number of hydrogen-bond donors (Lipinski definition) is 2. The van der Waals surface area contributed by atoms with E-state index in [1.54, 1.807) is 12.1 Å². The largest absolute Gasteiger partial charge is 0.507 e. The fraction of sp³-hybridized carbons (Fsp3) is 0.143. The number of para-hydroxylation sites is 1. The van der Waals surface area contributed by atoms with E-state index in [2.05, 4.69) is 0 Å². The lowest BCUT2D eigenvalue weighted by Crippen LogP contribution is -1.84. The van der Waals surface area contributed by atoms with Crippen LogP contribution in [0.2, 0.25) is 0 Å². The number of phenolic OH excluding ortho intramolecular Hbond substituents is 2. The number of hydrogen-bond acceptors (Lipinski definition) is 2. The van der Waals surface area contributed by atoms with Gasteiger partial charge in [-0.2, -0.15) is 0 Å². The van der Waals surface area contributed by atoms with Crippen molar-refractivity contribution in [1.29, 1.82) is 0 Å². The van der Waals surface area contributed by atoms with Crippen LogP contribution in [0.3, 0.4) is 0 Å². The van der Waals surface area contributed by atoms with Crippen molar-refractivity contribution in [1.82, 2.24) is 0 Å². The van der Waals surface area contributed by atoms with Crippen molar-refractivity contribution in [3.8, 4) is 22.6 Å². The number of aryl methyl sites for hydroxylation is 2. The molecule has 2 rings (SSSR count). The van der Waals surface area contributed by atoms with Gasteiger partial charge < -0.3 is 10.2 Å². The monoisotopic (exact) mass is 214 g/mol. The zero-order chi connectivity index (χ0) is 11.7. The van der Waals surface area contributed by atoms with E-state index in [9.17, 15) is 10.2 Å². The van der Waals surface area contributed by atoms with Gasteiger partial charge in [0.05, 0.1) is 0 Å². The zero-order valence-corrected chi connectivity index (χ0v) is 9.36. The second-order valence-electron chi connectivity index (χ2n) is 3.99. The molecule has 82 valence electrons. The molecule has 0 saturated carbocycles. The van der Waals surface area contributed by atoms with E-state index in [0.29, 0.717) is 11.1 Å². The summed E-state index contributed by atoms with van der Waals surface area (Å²) in [5, 5.41) is 19.8. The van der Waals surface area contributed by atoms with Crippen LogP contribution in [0.1, 0.15) is 11.1 Å². The number of phenols is 2. The first-order valence-electron chi connectivity index (χ1n) is 5.18. The fourth-order valence-electron chi connectivity index (χ4n) is 1.75. The van der Waals surface area contributed by atoms with Gasteiger partial charge in [-0.15, -0.1) is 0 Å². The molecule has 2 nitrogen and oxygen atoms in total. The lowest BCUT2D eigenvalue weighted by atomic mass is 10.00. The topological polar surface area (TPSA) is 40.5 Å². The van der Waals surface area contributed by atoms with Crippen LogP contribution < -0.4 is 0 Å². The van der Waals surface area contributed by atoms with Gasteiger partial charge in [-0.05, 0) is 31.0 Å². The first-order chi connectivity index (χ1) is 7.59. The van der Waals surface area contributed by atoms with Gasteiger partial charge in [0.15, 0.2) is 0 Å². The summed E-state index contributed by atoms with van der Waals surface area (Å²) in [6.07, 6.45) is 0. The summed E-state index contributed by atoms with van der Waals surface area (Å²) in [6.45, 7) is 3.75. The van der Waals surface area contributed by atoms with Crippen LogP contribution >= 0.6 is 0 Å². The van der Waals surface area contributed by atoms with Crippen LogP contribution in [0.4, 0.5) is 0 Å². The molecule has 0 aliphatic carbocycles. The van der Waals surface area contributed by atoms with Gasteiger partial charge in [0, 0.05) is 11.1 Å². The van der Waals surface area contributed by atoms with Crippen molar-refractivity contribution in [2.45, 2.75) is 13.8 Å². The number of benzene rings is 2. The van der Waals surface area contributed by atoms with Crippen LogP contribution in [0.5, 0.6) is 11.5 Å². The Hall–Kier alpha value is -1.96. The Morgan fingerprint density at radius 2 is 1.62 bits per heavy atom.